The average molecular weight is 185 g/mol. The van der Waals surface area contributed by atoms with Gasteiger partial charge in [-0.1, -0.05) is 6.92 Å². The Labute approximate surface area is 79.5 Å². The van der Waals surface area contributed by atoms with Crippen LogP contribution in [0.3, 0.4) is 0 Å². The van der Waals surface area contributed by atoms with Crippen molar-refractivity contribution in [1.82, 2.24) is 10.2 Å². The van der Waals surface area contributed by atoms with Gasteiger partial charge in [0.1, 0.15) is 0 Å². The number of primary amides is 1. The second kappa shape index (κ2) is 4.58. The minimum absolute atomic E-state index is 0.0368. The van der Waals surface area contributed by atoms with E-state index in [2.05, 4.69) is 17.1 Å². The van der Waals surface area contributed by atoms with Crippen LogP contribution in [0.4, 0.5) is 0 Å². The molecule has 0 aromatic rings. The number of nitrogens with two attached hydrogens (primary N) is 1. The van der Waals surface area contributed by atoms with Gasteiger partial charge in [0.05, 0.1) is 0 Å². The first kappa shape index (κ1) is 10.5. The van der Waals surface area contributed by atoms with Gasteiger partial charge in [-0.05, 0) is 6.92 Å². The van der Waals surface area contributed by atoms with Crippen LogP contribution in [0.1, 0.15) is 13.8 Å². The normalized spacial score (nSPS) is 27.1. The molecule has 4 nitrogen and oxygen atoms in total. The van der Waals surface area contributed by atoms with Crippen molar-refractivity contribution in [2.75, 3.05) is 26.2 Å². The number of piperazine rings is 1. The van der Waals surface area contributed by atoms with Crippen LogP contribution >= 0.6 is 0 Å². The van der Waals surface area contributed by atoms with Gasteiger partial charge in [-0.3, -0.25) is 9.69 Å². The SMILES string of the molecule is CC(CN1CCN[C@@H](C)C1)C(N)=O. The Kier molecular flexibility index (Phi) is 3.69. The summed E-state index contributed by atoms with van der Waals surface area (Å²) >= 11 is 0. The maximum atomic E-state index is 10.8. The quantitative estimate of drug-likeness (QED) is 0.617. The molecule has 0 bridgehead atoms. The third kappa shape index (κ3) is 3.32. The van der Waals surface area contributed by atoms with Crippen molar-refractivity contribution in [3.8, 4) is 0 Å². The van der Waals surface area contributed by atoms with Crippen LogP contribution in [0.5, 0.6) is 0 Å². The smallest absolute Gasteiger partial charge is 0.221 e. The number of hydrogen-bond acceptors (Lipinski definition) is 3. The van der Waals surface area contributed by atoms with E-state index >= 15 is 0 Å². The number of amides is 1. The van der Waals surface area contributed by atoms with E-state index in [4.69, 9.17) is 5.73 Å². The molecular weight excluding hydrogens is 166 g/mol. The lowest BCUT2D eigenvalue weighted by atomic mass is 10.1. The molecule has 0 spiro atoms. The van der Waals surface area contributed by atoms with Crippen molar-refractivity contribution in [2.45, 2.75) is 19.9 Å². The van der Waals surface area contributed by atoms with Crippen molar-refractivity contribution in [3.63, 3.8) is 0 Å². The summed E-state index contributed by atoms with van der Waals surface area (Å²) in [7, 11) is 0. The molecule has 4 heteroatoms. The Morgan fingerprint density at radius 3 is 3.00 bits per heavy atom. The van der Waals surface area contributed by atoms with E-state index < -0.39 is 0 Å². The van der Waals surface area contributed by atoms with Crippen LogP contribution in [0.2, 0.25) is 0 Å². The number of nitrogens with one attached hydrogen (secondary N) is 1. The van der Waals surface area contributed by atoms with Gasteiger partial charge in [-0.15, -0.1) is 0 Å². The van der Waals surface area contributed by atoms with Gasteiger partial charge in [0, 0.05) is 38.1 Å². The zero-order chi connectivity index (χ0) is 9.84. The first-order valence-corrected chi connectivity index (χ1v) is 4.84. The highest BCUT2D eigenvalue weighted by molar-refractivity contribution is 5.76. The highest BCUT2D eigenvalue weighted by atomic mass is 16.1. The van der Waals surface area contributed by atoms with Crippen molar-refractivity contribution >= 4 is 5.91 Å². The number of rotatable bonds is 3. The minimum atomic E-state index is -0.203. The molecule has 3 N–H and O–H groups in total. The Bertz CT molecular complexity index is 184. The lowest BCUT2D eigenvalue weighted by molar-refractivity contribution is -0.121. The summed E-state index contributed by atoms with van der Waals surface area (Å²) in [6.45, 7) is 7.86. The third-order valence-electron chi connectivity index (χ3n) is 2.47. The number of carbonyl (C=O) groups excluding carboxylic acids is 1. The van der Waals surface area contributed by atoms with Crippen molar-refractivity contribution < 1.29 is 4.79 Å². The maximum absolute atomic E-state index is 10.8. The average Bonchev–Trinajstić information content (AvgIpc) is 2.04. The summed E-state index contributed by atoms with van der Waals surface area (Å²) in [5.41, 5.74) is 5.21. The highest BCUT2D eigenvalue weighted by Crippen LogP contribution is 2.03. The summed E-state index contributed by atoms with van der Waals surface area (Å²) in [4.78, 5) is 13.1. The first-order chi connectivity index (χ1) is 6.09. The number of carbonyl (C=O) groups is 1. The predicted molar refractivity (Wildman–Crippen MR) is 52.3 cm³/mol. The highest BCUT2D eigenvalue weighted by Gasteiger charge is 2.19. The molecule has 0 aliphatic carbocycles. The van der Waals surface area contributed by atoms with Gasteiger partial charge in [0.15, 0.2) is 0 Å². The molecule has 13 heavy (non-hydrogen) atoms. The lowest BCUT2D eigenvalue weighted by Crippen LogP contribution is -2.51. The molecule has 1 aliphatic heterocycles. The van der Waals surface area contributed by atoms with Crippen LogP contribution in [0, 0.1) is 5.92 Å². The Hall–Kier alpha value is -0.610. The van der Waals surface area contributed by atoms with Crippen LogP contribution in [0.25, 0.3) is 0 Å². The summed E-state index contributed by atoms with van der Waals surface area (Å²) in [5.74, 6) is -0.239. The summed E-state index contributed by atoms with van der Waals surface area (Å²) < 4.78 is 0. The Balaban J connectivity index is 2.31. The third-order valence-corrected chi connectivity index (χ3v) is 2.47. The zero-order valence-corrected chi connectivity index (χ0v) is 8.42. The molecular formula is C9H19N3O. The molecule has 2 atom stereocenters. The molecule has 0 aromatic heterocycles. The molecule has 1 rings (SSSR count). The van der Waals surface area contributed by atoms with Gasteiger partial charge in [-0.2, -0.15) is 0 Å². The largest absolute Gasteiger partial charge is 0.369 e. The summed E-state index contributed by atoms with van der Waals surface area (Å²) in [6.07, 6.45) is 0. The minimum Gasteiger partial charge on any atom is -0.369 e. The van der Waals surface area contributed by atoms with E-state index in [9.17, 15) is 4.79 Å². The molecule has 76 valence electrons. The van der Waals surface area contributed by atoms with Crippen molar-refractivity contribution in [3.05, 3.63) is 0 Å². The molecule has 1 saturated heterocycles. The van der Waals surface area contributed by atoms with Crippen molar-refractivity contribution in [1.29, 1.82) is 0 Å². The molecule has 1 heterocycles. The first-order valence-electron chi connectivity index (χ1n) is 4.84. The number of nitrogens with zero attached hydrogens (tertiary/aromatic N) is 1. The van der Waals surface area contributed by atoms with E-state index in [1.807, 2.05) is 6.92 Å². The zero-order valence-electron chi connectivity index (χ0n) is 8.42. The molecule has 1 unspecified atom stereocenters. The lowest BCUT2D eigenvalue weighted by Gasteiger charge is -2.32. The van der Waals surface area contributed by atoms with E-state index in [-0.39, 0.29) is 11.8 Å². The van der Waals surface area contributed by atoms with Crippen LogP contribution in [0.15, 0.2) is 0 Å². The van der Waals surface area contributed by atoms with Crippen LogP contribution < -0.4 is 11.1 Å². The fourth-order valence-corrected chi connectivity index (χ4v) is 1.66. The standard InChI is InChI=1S/C9H19N3O/c1-7(9(10)13)5-12-4-3-11-8(2)6-12/h7-8,11H,3-6H2,1-2H3,(H2,10,13)/t7?,8-/m0/s1. The molecule has 1 fully saturated rings. The van der Waals surface area contributed by atoms with E-state index in [1.165, 1.54) is 0 Å². The van der Waals surface area contributed by atoms with Crippen molar-refractivity contribution in [2.24, 2.45) is 11.7 Å². The van der Waals surface area contributed by atoms with Crippen LogP contribution in [-0.2, 0) is 4.79 Å². The molecule has 1 amide bonds. The van der Waals surface area contributed by atoms with E-state index in [0.29, 0.717) is 6.04 Å². The van der Waals surface area contributed by atoms with E-state index in [0.717, 1.165) is 26.2 Å². The Morgan fingerprint density at radius 2 is 2.46 bits per heavy atom. The Morgan fingerprint density at radius 1 is 1.77 bits per heavy atom. The molecule has 0 aromatic carbocycles. The second-order valence-electron chi connectivity index (χ2n) is 3.92. The predicted octanol–water partition coefficient (Wildman–Crippen LogP) is -0.598. The number of hydrogen-bond donors (Lipinski definition) is 2. The summed E-state index contributed by atoms with van der Waals surface area (Å²) in [6, 6.07) is 0.522. The maximum Gasteiger partial charge on any atom is 0.221 e. The molecule has 0 saturated carbocycles. The van der Waals surface area contributed by atoms with Crippen LogP contribution in [-0.4, -0.2) is 43.0 Å². The summed E-state index contributed by atoms with van der Waals surface area (Å²) in [5, 5.41) is 3.36. The second-order valence-corrected chi connectivity index (χ2v) is 3.92. The van der Waals surface area contributed by atoms with E-state index in [1.54, 1.807) is 0 Å². The topological polar surface area (TPSA) is 58.4 Å². The fraction of sp³-hybridized carbons (Fsp3) is 0.889. The van der Waals surface area contributed by atoms with Gasteiger partial charge in [0.2, 0.25) is 5.91 Å². The fourth-order valence-electron chi connectivity index (χ4n) is 1.66. The monoisotopic (exact) mass is 185 g/mol. The van der Waals surface area contributed by atoms with Gasteiger partial charge < -0.3 is 11.1 Å². The molecule has 1 aliphatic rings. The van der Waals surface area contributed by atoms with Gasteiger partial charge in [0.25, 0.3) is 0 Å². The van der Waals surface area contributed by atoms with Gasteiger partial charge >= 0.3 is 0 Å². The van der Waals surface area contributed by atoms with Gasteiger partial charge in [-0.25, -0.2) is 0 Å². The molecule has 0 radical (unpaired) electrons.